The Morgan fingerprint density at radius 1 is 0.724 bits per heavy atom. The number of hydrogen-bond donors (Lipinski definition) is 0. The lowest BCUT2D eigenvalue weighted by molar-refractivity contribution is 0.285. The van der Waals surface area contributed by atoms with Gasteiger partial charge < -0.3 is 9.47 Å². The third kappa shape index (κ3) is 5.19. The Hall–Kier alpha value is -1.88. The first-order valence-electron chi connectivity index (χ1n) is 10.5. The lowest BCUT2D eigenvalue weighted by Crippen LogP contribution is -2.01. The third-order valence-corrected chi connectivity index (χ3v) is 6.19. The van der Waals surface area contributed by atoms with Gasteiger partial charge in [0.1, 0.15) is 0 Å². The quantitative estimate of drug-likeness (QED) is 0.310. The van der Waals surface area contributed by atoms with Crippen LogP contribution in [0.2, 0.25) is 0 Å². The largest absolute Gasteiger partial charge is 0.490 e. The topological polar surface area (TPSA) is 18.5 Å². The summed E-state index contributed by atoms with van der Waals surface area (Å²) >= 11 is 1.12. The third-order valence-electron chi connectivity index (χ3n) is 4.98. The van der Waals surface area contributed by atoms with Gasteiger partial charge in [-0.2, -0.15) is 0 Å². The van der Waals surface area contributed by atoms with E-state index in [1.165, 1.54) is 0 Å². The lowest BCUT2D eigenvalue weighted by Gasteiger charge is -2.09. The van der Waals surface area contributed by atoms with Gasteiger partial charge in [-0.15, -0.1) is 11.3 Å². The van der Waals surface area contributed by atoms with Gasteiger partial charge in [-0.3, -0.25) is 0 Å². The van der Waals surface area contributed by atoms with Crippen LogP contribution in [-0.4, -0.2) is 13.2 Å². The Morgan fingerprint density at radius 2 is 1.14 bits per heavy atom. The molecule has 29 heavy (non-hydrogen) atoms. The van der Waals surface area contributed by atoms with Crippen LogP contribution in [0, 0.1) is 23.5 Å². The normalized spacial score (nSPS) is 11.9. The van der Waals surface area contributed by atoms with E-state index in [9.17, 15) is 8.78 Å². The summed E-state index contributed by atoms with van der Waals surface area (Å²) in [6, 6.07) is 6.93. The van der Waals surface area contributed by atoms with Crippen molar-refractivity contribution < 1.29 is 18.3 Å². The van der Waals surface area contributed by atoms with Gasteiger partial charge >= 0.3 is 0 Å². The fourth-order valence-electron chi connectivity index (χ4n) is 3.37. The van der Waals surface area contributed by atoms with Crippen LogP contribution in [0.25, 0.3) is 20.2 Å². The Morgan fingerprint density at radius 3 is 1.52 bits per heavy atom. The van der Waals surface area contributed by atoms with Crippen molar-refractivity contribution in [2.45, 2.75) is 53.4 Å². The van der Waals surface area contributed by atoms with Gasteiger partial charge in [-0.1, -0.05) is 27.7 Å². The van der Waals surface area contributed by atoms with E-state index < -0.39 is 11.6 Å². The predicted molar refractivity (Wildman–Crippen MR) is 118 cm³/mol. The van der Waals surface area contributed by atoms with Gasteiger partial charge in [0.25, 0.3) is 0 Å². The second-order valence-electron chi connectivity index (χ2n) is 8.38. The molecule has 0 saturated heterocycles. The van der Waals surface area contributed by atoms with Crippen LogP contribution in [0.1, 0.15) is 53.4 Å². The number of thiophene rings is 1. The minimum atomic E-state index is -0.410. The highest BCUT2D eigenvalue weighted by atomic mass is 32.1. The van der Waals surface area contributed by atoms with E-state index in [2.05, 4.69) is 27.7 Å². The molecule has 2 nitrogen and oxygen atoms in total. The zero-order valence-corrected chi connectivity index (χ0v) is 18.5. The van der Waals surface area contributed by atoms with Crippen molar-refractivity contribution in [3.63, 3.8) is 0 Å². The molecule has 0 fully saturated rings. The molecule has 0 aliphatic rings. The number of hydrogen-bond acceptors (Lipinski definition) is 3. The molecule has 0 saturated carbocycles. The minimum absolute atomic E-state index is 0.235. The molecule has 0 radical (unpaired) electrons. The highest BCUT2D eigenvalue weighted by molar-refractivity contribution is 7.25. The molecular weight excluding hydrogens is 390 g/mol. The van der Waals surface area contributed by atoms with Crippen LogP contribution < -0.4 is 9.47 Å². The first kappa shape index (κ1) is 21.8. The maximum Gasteiger partial charge on any atom is 0.182 e. The van der Waals surface area contributed by atoms with Crippen molar-refractivity contribution in [3.05, 3.63) is 35.9 Å². The monoisotopic (exact) mass is 420 g/mol. The van der Waals surface area contributed by atoms with E-state index in [0.29, 0.717) is 45.2 Å². The van der Waals surface area contributed by atoms with Crippen LogP contribution >= 0.6 is 11.3 Å². The number of ether oxygens (including phenoxy) is 2. The van der Waals surface area contributed by atoms with E-state index in [0.717, 1.165) is 37.0 Å². The fourth-order valence-corrected chi connectivity index (χ4v) is 4.53. The molecule has 0 aliphatic heterocycles. The van der Waals surface area contributed by atoms with E-state index in [1.54, 1.807) is 12.1 Å². The van der Waals surface area contributed by atoms with E-state index >= 15 is 0 Å². The van der Waals surface area contributed by atoms with Crippen molar-refractivity contribution >= 4 is 31.5 Å². The SMILES string of the molecule is CC(C)CCCOc1ccc2c(sc3c(F)c(OCCCC(C)C)ccc32)c1F. The first-order chi connectivity index (χ1) is 13.9. The maximum atomic E-state index is 15.0. The Labute approximate surface area is 175 Å². The van der Waals surface area contributed by atoms with Crippen molar-refractivity contribution in [1.82, 2.24) is 0 Å². The van der Waals surface area contributed by atoms with Crippen LogP contribution in [0.5, 0.6) is 11.5 Å². The van der Waals surface area contributed by atoms with Gasteiger partial charge in [0, 0.05) is 10.8 Å². The molecular formula is C24H30F2O2S. The molecule has 158 valence electrons. The van der Waals surface area contributed by atoms with Gasteiger partial charge in [0.2, 0.25) is 0 Å². The molecule has 0 bridgehead atoms. The molecule has 3 aromatic rings. The summed E-state index contributed by atoms with van der Waals surface area (Å²) in [5.41, 5.74) is 0. The summed E-state index contributed by atoms with van der Waals surface area (Å²) in [7, 11) is 0. The molecule has 0 atom stereocenters. The highest BCUT2D eigenvalue weighted by Gasteiger charge is 2.18. The van der Waals surface area contributed by atoms with Crippen LogP contribution in [0.3, 0.4) is 0 Å². The summed E-state index contributed by atoms with van der Waals surface area (Å²) in [5.74, 6) is 0.840. The Balaban J connectivity index is 1.81. The summed E-state index contributed by atoms with van der Waals surface area (Å²) < 4.78 is 42.1. The van der Waals surface area contributed by atoms with Crippen molar-refractivity contribution in [3.8, 4) is 11.5 Å². The molecule has 0 N–H and O–H groups in total. The lowest BCUT2D eigenvalue weighted by atomic mass is 10.1. The van der Waals surface area contributed by atoms with E-state index in [1.807, 2.05) is 12.1 Å². The number of rotatable bonds is 10. The van der Waals surface area contributed by atoms with Crippen LogP contribution in [0.15, 0.2) is 24.3 Å². The van der Waals surface area contributed by atoms with Crippen LogP contribution in [-0.2, 0) is 0 Å². The van der Waals surface area contributed by atoms with Gasteiger partial charge in [-0.25, -0.2) is 8.78 Å². The molecule has 0 spiro atoms. The highest BCUT2D eigenvalue weighted by Crippen LogP contribution is 2.41. The smallest absolute Gasteiger partial charge is 0.182 e. The zero-order valence-electron chi connectivity index (χ0n) is 17.7. The van der Waals surface area contributed by atoms with E-state index in [4.69, 9.17) is 9.47 Å². The average molecular weight is 421 g/mol. The average Bonchev–Trinajstić information content (AvgIpc) is 3.05. The summed E-state index contributed by atoms with van der Waals surface area (Å²) in [6.07, 6.45) is 3.84. The van der Waals surface area contributed by atoms with Crippen molar-refractivity contribution in [2.24, 2.45) is 11.8 Å². The standard InChI is InChI=1S/C24H30F2O2S/c1-15(2)7-5-13-27-19-11-9-17-18-10-12-20(28-14-6-8-16(3)4)22(26)24(18)29-23(17)21(19)25/h9-12,15-16H,5-8,13-14H2,1-4H3. The molecule has 0 unspecified atom stereocenters. The molecule has 1 aromatic heterocycles. The first-order valence-corrected chi connectivity index (χ1v) is 11.3. The molecule has 1 heterocycles. The van der Waals surface area contributed by atoms with Crippen molar-refractivity contribution in [1.29, 1.82) is 0 Å². The maximum absolute atomic E-state index is 15.0. The van der Waals surface area contributed by atoms with Gasteiger partial charge in [0.15, 0.2) is 23.1 Å². The number of fused-ring (bicyclic) bond motifs is 3. The van der Waals surface area contributed by atoms with Gasteiger partial charge in [0.05, 0.1) is 22.6 Å². The fraction of sp³-hybridized carbons (Fsp3) is 0.500. The number of benzene rings is 2. The van der Waals surface area contributed by atoms with Gasteiger partial charge in [-0.05, 0) is 61.8 Å². The molecule has 0 aliphatic carbocycles. The second kappa shape index (κ2) is 9.75. The van der Waals surface area contributed by atoms with Crippen LogP contribution in [0.4, 0.5) is 8.78 Å². The summed E-state index contributed by atoms with van der Waals surface area (Å²) in [4.78, 5) is 0. The second-order valence-corrected chi connectivity index (χ2v) is 9.40. The Bertz CT molecular complexity index is 886. The summed E-state index contributed by atoms with van der Waals surface area (Å²) in [5, 5.41) is 1.42. The zero-order chi connectivity index (χ0) is 21.0. The predicted octanol–water partition coefficient (Wildman–Crippen LogP) is 7.96. The Kier molecular flexibility index (Phi) is 7.33. The molecule has 0 amide bonds. The van der Waals surface area contributed by atoms with E-state index in [-0.39, 0.29) is 11.5 Å². The molecule has 5 heteroatoms. The minimum Gasteiger partial charge on any atom is -0.490 e. The summed E-state index contributed by atoms with van der Waals surface area (Å²) in [6.45, 7) is 9.57. The number of halogens is 2. The molecule has 2 aromatic carbocycles. The molecule has 3 rings (SSSR count). The van der Waals surface area contributed by atoms with Crippen molar-refractivity contribution in [2.75, 3.05) is 13.2 Å².